The van der Waals surface area contributed by atoms with E-state index in [1.165, 1.54) is 6.42 Å². The summed E-state index contributed by atoms with van der Waals surface area (Å²) in [6, 6.07) is 0. The molecule has 1 N–H and O–H groups in total. The van der Waals surface area contributed by atoms with Gasteiger partial charge in [-0.2, -0.15) is 0 Å². The number of nitrogens with zero attached hydrogens (tertiary/aromatic N) is 1. The Balaban J connectivity index is 2.44. The molecule has 0 aliphatic heterocycles. The molecule has 0 saturated heterocycles. The summed E-state index contributed by atoms with van der Waals surface area (Å²) in [6.07, 6.45) is 4.57. The smallest absolute Gasteiger partial charge is 0.228 e. The Hall–Kier alpha value is -0.570. The predicted molar refractivity (Wildman–Crippen MR) is 60.5 cm³/mol. The van der Waals surface area contributed by atoms with Crippen molar-refractivity contribution in [3.8, 4) is 0 Å². The SMILES string of the molecule is CCC1(C(=O)N(C)CCC(C)O)CCC1. The van der Waals surface area contributed by atoms with Crippen molar-refractivity contribution in [2.75, 3.05) is 13.6 Å². The van der Waals surface area contributed by atoms with E-state index >= 15 is 0 Å². The number of aliphatic hydroxyl groups is 1. The lowest BCUT2D eigenvalue weighted by Gasteiger charge is -2.42. The summed E-state index contributed by atoms with van der Waals surface area (Å²) in [7, 11) is 1.85. The Morgan fingerprint density at radius 3 is 2.47 bits per heavy atom. The molecule has 0 aromatic rings. The summed E-state index contributed by atoms with van der Waals surface area (Å²) < 4.78 is 0. The maximum Gasteiger partial charge on any atom is 0.228 e. The van der Waals surface area contributed by atoms with E-state index in [2.05, 4.69) is 6.92 Å². The second-order valence-electron chi connectivity index (χ2n) is 4.85. The van der Waals surface area contributed by atoms with E-state index < -0.39 is 0 Å². The predicted octanol–water partition coefficient (Wildman–Crippen LogP) is 1.80. The number of carbonyl (C=O) groups excluding carboxylic acids is 1. The normalized spacial score (nSPS) is 20.5. The number of amides is 1. The van der Waals surface area contributed by atoms with Crippen LogP contribution in [0.5, 0.6) is 0 Å². The van der Waals surface area contributed by atoms with Gasteiger partial charge in [-0.05, 0) is 32.6 Å². The third-order valence-corrected chi connectivity index (χ3v) is 3.67. The zero-order chi connectivity index (χ0) is 11.5. The van der Waals surface area contributed by atoms with Gasteiger partial charge in [0, 0.05) is 19.0 Å². The van der Waals surface area contributed by atoms with Crippen molar-refractivity contribution in [2.45, 2.75) is 52.1 Å². The van der Waals surface area contributed by atoms with E-state index in [4.69, 9.17) is 0 Å². The van der Waals surface area contributed by atoms with Crippen LogP contribution in [0.2, 0.25) is 0 Å². The molecule has 3 nitrogen and oxygen atoms in total. The molecule has 0 aromatic carbocycles. The lowest BCUT2D eigenvalue weighted by atomic mass is 9.66. The molecule has 1 fully saturated rings. The highest BCUT2D eigenvalue weighted by Crippen LogP contribution is 2.45. The monoisotopic (exact) mass is 213 g/mol. The van der Waals surface area contributed by atoms with Crippen LogP contribution >= 0.6 is 0 Å². The van der Waals surface area contributed by atoms with Gasteiger partial charge >= 0.3 is 0 Å². The minimum absolute atomic E-state index is 0.0621. The third kappa shape index (κ3) is 2.71. The first-order valence-electron chi connectivity index (χ1n) is 5.95. The topological polar surface area (TPSA) is 40.5 Å². The summed E-state index contributed by atoms with van der Waals surface area (Å²) >= 11 is 0. The standard InChI is InChI=1S/C12H23NO2/c1-4-12(7-5-8-12)11(15)13(3)9-6-10(2)14/h10,14H,4-9H2,1-3H3. The molecule has 0 heterocycles. The average molecular weight is 213 g/mol. The van der Waals surface area contributed by atoms with E-state index in [1.54, 1.807) is 11.8 Å². The molecule has 1 unspecified atom stereocenters. The molecule has 15 heavy (non-hydrogen) atoms. The van der Waals surface area contributed by atoms with Gasteiger partial charge in [-0.15, -0.1) is 0 Å². The molecule has 3 heteroatoms. The number of hydrogen-bond donors (Lipinski definition) is 1. The van der Waals surface area contributed by atoms with Gasteiger partial charge in [0.05, 0.1) is 6.10 Å². The third-order valence-electron chi connectivity index (χ3n) is 3.67. The van der Waals surface area contributed by atoms with Crippen LogP contribution in [-0.4, -0.2) is 35.6 Å². The molecule has 1 aliphatic carbocycles. The molecular formula is C12H23NO2. The summed E-state index contributed by atoms with van der Waals surface area (Å²) in [5.74, 6) is 0.275. The Kier molecular flexibility index (Phi) is 4.14. The van der Waals surface area contributed by atoms with Crippen LogP contribution in [0, 0.1) is 5.41 Å². The van der Waals surface area contributed by atoms with Gasteiger partial charge in [0.15, 0.2) is 0 Å². The summed E-state index contributed by atoms with van der Waals surface area (Å²) in [4.78, 5) is 13.9. The van der Waals surface area contributed by atoms with Crippen LogP contribution < -0.4 is 0 Å². The molecule has 0 spiro atoms. The highest BCUT2D eigenvalue weighted by atomic mass is 16.3. The van der Waals surface area contributed by atoms with Gasteiger partial charge in [0.2, 0.25) is 5.91 Å². The van der Waals surface area contributed by atoms with Crippen molar-refractivity contribution in [3.63, 3.8) is 0 Å². The van der Waals surface area contributed by atoms with Gasteiger partial charge in [0.25, 0.3) is 0 Å². The maximum atomic E-state index is 12.1. The van der Waals surface area contributed by atoms with Crippen LogP contribution in [0.3, 0.4) is 0 Å². The first-order valence-corrected chi connectivity index (χ1v) is 5.95. The first kappa shape index (κ1) is 12.5. The fourth-order valence-corrected chi connectivity index (χ4v) is 2.21. The second kappa shape index (κ2) is 4.97. The summed E-state index contributed by atoms with van der Waals surface area (Å²) in [5, 5.41) is 9.18. The van der Waals surface area contributed by atoms with Crippen molar-refractivity contribution in [3.05, 3.63) is 0 Å². The molecule has 0 bridgehead atoms. The Bertz CT molecular complexity index is 216. The molecule has 88 valence electrons. The Morgan fingerprint density at radius 1 is 1.53 bits per heavy atom. The number of rotatable bonds is 5. The minimum Gasteiger partial charge on any atom is -0.393 e. The molecule has 0 aromatic heterocycles. The van der Waals surface area contributed by atoms with Crippen LogP contribution in [0.15, 0.2) is 0 Å². The van der Waals surface area contributed by atoms with E-state index in [0.29, 0.717) is 13.0 Å². The van der Waals surface area contributed by atoms with Crippen molar-refractivity contribution < 1.29 is 9.90 Å². The molecule has 1 aliphatic rings. The highest BCUT2D eigenvalue weighted by Gasteiger charge is 2.43. The van der Waals surface area contributed by atoms with Gasteiger partial charge in [-0.25, -0.2) is 0 Å². The molecule has 1 amide bonds. The lowest BCUT2D eigenvalue weighted by molar-refractivity contribution is -0.146. The Labute approximate surface area is 92.5 Å². The Morgan fingerprint density at radius 2 is 2.13 bits per heavy atom. The van der Waals surface area contributed by atoms with Gasteiger partial charge < -0.3 is 10.0 Å². The molecule has 1 saturated carbocycles. The van der Waals surface area contributed by atoms with E-state index in [-0.39, 0.29) is 17.4 Å². The average Bonchev–Trinajstić information content (AvgIpc) is 2.13. The molecule has 1 atom stereocenters. The van der Waals surface area contributed by atoms with Gasteiger partial charge in [-0.3, -0.25) is 4.79 Å². The number of aliphatic hydroxyl groups excluding tert-OH is 1. The fourth-order valence-electron chi connectivity index (χ4n) is 2.21. The quantitative estimate of drug-likeness (QED) is 0.756. The van der Waals surface area contributed by atoms with E-state index in [9.17, 15) is 9.90 Å². The molecular weight excluding hydrogens is 190 g/mol. The van der Waals surface area contributed by atoms with E-state index in [1.807, 2.05) is 7.05 Å². The van der Waals surface area contributed by atoms with Crippen LogP contribution in [-0.2, 0) is 4.79 Å². The largest absolute Gasteiger partial charge is 0.393 e. The summed E-state index contributed by atoms with van der Waals surface area (Å²) in [5.41, 5.74) is -0.0621. The zero-order valence-corrected chi connectivity index (χ0v) is 10.1. The van der Waals surface area contributed by atoms with Crippen LogP contribution in [0.25, 0.3) is 0 Å². The summed E-state index contributed by atoms with van der Waals surface area (Å²) in [6.45, 7) is 4.52. The second-order valence-corrected chi connectivity index (χ2v) is 4.85. The number of hydrogen-bond acceptors (Lipinski definition) is 2. The minimum atomic E-state index is -0.320. The first-order chi connectivity index (χ1) is 7.02. The highest BCUT2D eigenvalue weighted by molar-refractivity contribution is 5.83. The zero-order valence-electron chi connectivity index (χ0n) is 10.1. The maximum absolute atomic E-state index is 12.1. The molecule has 1 rings (SSSR count). The number of carbonyl (C=O) groups is 1. The molecule has 0 radical (unpaired) electrons. The van der Waals surface area contributed by atoms with Crippen molar-refractivity contribution in [1.29, 1.82) is 0 Å². The van der Waals surface area contributed by atoms with E-state index in [0.717, 1.165) is 19.3 Å². The van der Waals surface area contributed by atoms with Crippen molar-refractivity contribution in [2.24, 2.45) is 5.41 Å². The van der Waals surface area contributed by atoms with Crippen molar-refractivity contribution in [1.82, 2.24) is 4.90 Å². The van der Waals surface area contributed by atoms with Gasteiger partial charge in [-0.1, -0.05) is 13.3 Å². The van der Waals surface area contributed by atoms with Gasteiger partial charge in [0.1, 0.15) is 0 Å². The van der Waals surface area contributed by atoms with Crippen molar-refractivity contribution >= 4 is 5.91 Å². The van der Waals surface area contributed by atoms with Crippen LogP contribution in [0.4, 0.5) is 0 Å². The van der Waals surface area contributed by atoms with Crippen LogP contribution in [0.1, 0.15) is 46.0 Å². The lowest BCUT2D eigenvalue weighted by Crippen LogP contribution is -2.46. The fraction of sp³-hybridized carbons (Fsp3) is 0.917.